The molecular weight excluding hydrogens is 315 g/mol. The summed E-state index contributed by atoms with van der Waals surface area (Å²) >= 11 is 1.35. The number of aryl methyl sites for hydroxylation is 1. The first-order valence-electron chi connectivity index (χ1n) is 7.69. The molecule has 2 aromatic rings. The molecule has 1 amide bonds. The molecule has 1 saturated carbocycles. The van der Waals surface area contributed by atoms with E-state index in [0.717, 1.165) is 17.7 Å². The number of benzene rings is 1. The van der Waals surface area contributed by atoms with Gasteiger partial charge >= 0.3 is 0 Å². The highest BCUT2D eigenvalue weighted by atomic mass is 32.1. The van der Waals surface area contributed by atoms with Gasteiger partial charge in [-0.1, -0.05) is 18.2 Å². The van der Waals surface area contributed by atoms with E-state index >= 15 is 0 Å². The number of amides is 1. The maximum atomic E-state index is 14.0. The number of fused-ring (bicyclic) bond motifs is 1. The van der Waals surface area contributed by atoms with Gasteiger partial charge < -0.3 is 5.32 Å². The topological polar surface area (TPSA) is 59.1 Å². The van der Waals surface area contributed by atoms with E-state index in [2.05, 4.69) is 10.3 Å². The van der Waals surface area contributed by atoms with Crippen molar-refractivity contribution in [2.45, 2.75) is 37.5 Å². The predicted molar refractivity (Wildman–Crippen MR) is 85.3 cm³/mol. The predicted octanol–water partition coefficient (Wildman–Crippen LogP) is 3.47. The Morgan fingerprint density at radius 3 is 2.74 bits per heavy atom. The first kappa shape index (κ1) is 14.5. The zero-order valence-corrected chi connectivity index (χ0v) is 13.2. The molecule has 0 bridgehead atoms. The third-order valence-electron chi connectivity index (χ3n) is 4.56. The number of nitrogens with one attached hydrogen (secondary N) is 1. The normalized spacial score (nSPS) is 18.4. The van der Waals surface area contributed by atoms with Gasteiger partial charge in [0.2, 0.25) is 5.91 Å². The van der Waals surface area contributed by atoms with Crippen molar-refractivity contribution in [2.24, 2.45) is 0 Å². The molecule has 0 saturated heterocycles. The van der Waals surface area contributed by atoms with E-state index < -0.39 is 5.41 Å². The second-order valence-electron chi connectivity index (χ2n) is 6.08. The van der Waals surface area contributed by atoms with Crippen LogP contribution in [0.15, 0.2) is 24.3 Å². The van der Waals surface area contributed by atoms with E-state index in [1.165, 1.54) is 17.4 Å². The van der Waals surface area contributed by atoms with Crippen molar-refractivity contribution in [2.75, 3.05) is 5.32 Å². The Morgan fingerprint density at radius 2 is 2.04 bits per heavy atom. The SMILES string of the molecule is O=C1CCCc2sc(NC(=O)C3(c4ccccc4F)CC3)nc21. The summed E-state index contributed by atoms with van der Waals surface area (Å²) in [6.07, 6.45) is 3.44. The van der Waals surface area contributed by atoms with Crippen LogP contribution in [0, 0.1) is 5.82 Å². The summed E-state index contributed by atoms with van der Waals surface area (Å²) < 4.78 is 14.0. The minimum absolute atomic E-state index is 0.0400. The summed E-state index contributed by atoms with van der Waals surface area (Å²) in [7, 11) is 0. The summed E-state index contributed by atoms with van der Waals surface area (Å²) in [4.78, 5) is 29.7. The molecule has 1 fully saturated rings. The number of ketones is 1. The van der Waals surface area contributed by atoms with Crippen molar-refractivity contribution >= 4 is 28.2 Å². The van der Waals surface area contributed by atoms with Crippen LogP contribution in [-0.2, 0) is 16.6 Å². The van der Waals surface area contributed by atoms with Crippen LogP contribution in [0.5, 0.6) is 0 Å². The van der Waals surface area contributed by atoms with Crippen LogP contribution in [0.25, 0.3) is 0 Å². The van der Waals surface area contributed by atoms with E-state index in [1.54, 1.807) is 18.2 Å². The van der Waals surface area contributed by atoms with E-state index in [9.17, 15) is 14.0 Å². The van der Waals surface area contributed by atoms with Gasteiger partial charge in [0.1, 0.15) is 11.5 Å². The highest BCUT2D eigenvalue weighted by molar-refractivity contribution is 7.16. The van der Waals surface area contributed by atoms with Gasteiger partial charge in [-0.15, -0.1) is 11.3 Å². The van der Waals surface area contributed by atoms with Crippen LogP contribution in [0.2, 0.25) is 0 Å². The second kappa shape index (κ2) is 5.23. The second-order valence-corrected chi connectivity index (χ2v) is 7.17. The number of halogens is 1. The fourth-order valence-electron chi connectivity index (χ4n) is 3.13. The number of rotatable bonds is 3. The molecule has 0 spiro atoms. The first-order valence-corrected chi connectivity index (χ1v) is 8.51. The minimum Gasteiger partial charge on any atom is -0.301 e. The van der Waals surface area contributed by atoms with Crippen LogP contribution in [-0.4, -0.2) is 16.7 Å². The summed E-state index contributed by atoms with van der Waals surface area (Å²) in [5.74, 6) is -0.548. The van der Waals surface area contributed by atoms with Crippen molar-refractivity contribution in [3.63, 3.8) is 0 Å². The van der Waals surface area contributed by atoms with Gasteiger partial charge in [0.25, 0.3) is 0 Å². The Morgan fingerprint density at radius 1 is 1.26 bits per heavy atom. The van der Waals surface area contributed by atoms with E-state index in [1.807, 2.05) is 0 Å². The van der Waals surface area contributed by atoms with Crippen molar-refractivity contribution in [3.05, 3.63) is 46.2 Å². The molecule has 4 nitrogen and oxygen atoms in total. The van der Waals surface area contributed by atoms with Crippen LogP contribution < -0.4 is 5.32 Å². The lowest BCUT2D eigenvalue weighted by Crippen LogP contribution is -2.28. The summed E-state index contributed by atoms with van der Waals surface area (Å²) in [5, 5.41) is 3.24. The highest BCUT2D eigenvalue weighted by Gasteiger charge is 2.53. The van der Waals surface area contributed by atoms with Gasteiger partial charge in [-0.3, -0.25) is 9.59 Å². The number of hydrogen-bond acceptors (Lipinski definition) is 4. The number of nitrogens with zero attached hydrogens (tertiary/aromatic N) is 1. The molecule has 1 aromatic carbocycles. The number of aromatic nitrogens is 1. The maximum absolute atomic E-state index is 14.0. The van der Waals surface area contributed by atoms with Crippen molar-refractivity contribution in [1.82, 2.24) is 4.98 Å². The van der Waals surface area contributed by atoms with Crippen LogP contribution >= 0.6 is 11.3 Å². The molecule has 0 radical (unpaired) electrons. The fraction of sp³-hybridized carbons (Fsp3) is 0.353. The molecule has 1 N–H and O–H groups in total. The molecule has 6 heteroatoms. The van der Waals surface area contributed by atoms with E-state index in [4.69, 9.17) is 0 Å². The Hall–Kier alpha value is -2.08. The molecule has 2 aliphatic rings. The van der Waals surface area contributed by atoms with Crippen molar-refractivity contribution in [1.29, 1.82) is 0 Å². The Balaban J connectivity index is 1.59. The number of Topliss-reactive ketones (excluding diaryl/α,β-unsaturated/α-hetero) is 1. The third kappa shape index (κ3) is 2.37. The van der Waals surface area contributed by atoms with E-state index in [0.29, 0.717) is 35.7 Å². The maximum Gasteiger partial charge on any atom is 0.236 e. The molecular formula is C17H15FN2O2S. The van der Waals surface area contributed by atoms with Crippen LogP contribution in [0.4, 0.5) is 9.52 Å². The minimum atomic E-state index is -0.790. The molecule has 23 heavy (non-hydrogen) atoms. The summed E-state index contributed by atoms with van der Waals surface area (Å²) in [6, 6.07) is 6.40. The zero-order chi connectivity index (χ0) is 16.0. The van der Waals surface area contributed by atoms with Gasteiger partial charge in [0.15, 0.2) is 10.9 Å². The lowest BCUT2D eigenvalue weighted by Gasteiger charge is -2.15. The monoisotopic (exact) mass is 330 g/mol. The largest absolute Gasteiger partial charge is 0.301 e. The molecule has 0 unspecified atom stereocenters. The molecule has 4 rings (SSSR count). The third-order valence-corrected chi connectivity index (χ3v) is 5.59. The molecule has 0 atom stereocenters. The number of thiazole rings is 1. The zero-order valence-electron chi connectivity index (χ0n) is 12.4. The lowest BCUT2D eigenvalue weighted by molar-refractivity contribution is -0.118. The number of carbonyl (C=O) groups is 2. The van der Waals surface area contributed by atoms with E-state index in [-0.39, 0.29) is 17.5 Å². The molecule has 118 valence electrons. The van der Waals surface area contributed by atoms with Crippen LogP contribution in [0.3, 0.4) is 0 Å². The fourth-order valence-corrected chi connectivity index (χ4v) is 4.15. The Labute approximate surface area is 136 Å². The highest BCUT2D eigenvalue weighted by Crippen LogP contribution is 2.50. The van der Waals surface area contributed by atoms with Crippen LogP contribution in [0.1, 0.15) is 46.6 Å². The molecule has 2 aliphatic carbocycles. The average Bonchev–Trinajstić information content (AvgIpc) is 3.23. The van der Waals surface area contributed by atoms with Gasteiger partial charge in [-0.2, -0.15) is 0 Å². The van der Waals surface area contributed by atoms with Crippen molar-refractivity contribution < 1.29 is 14.0 Å². The van der Waals surface area contributed by atoms with Gasteiger partial charge in [0.05, 0.1) is 5.41 Å². The lowest BCUT2D eigenvalue weighted by atomic mass is 9.94. The Bertz CT molecular complexity index is 811. The number of anilines is 1. The first-order chi connectivity index (χ1) is 11.1. The number of hydrogen-bond donors (Lipinski definition) is 1. The summed E-state index contributed by atoms with van der Waals surface area (Å²) in [5.41, 5.74) is 0.142. The van der Waals surface area contributed by atoms with Gasteiger partial charge in [0, 0.05) is 16.9 Å². The number of carbonyl (C=O) groups excluding carboxylic acids is 2. The smallest absolute Gasteiger partial charge is 0.236 e. The van der Waals surface area contributed by atoms with Crippen molar-refractivity contribution in [3.8, 4) is 0 Å². The quantitative estimate of drug-likeness (QED) is 0.937. The standard InChI is InChI=1S/C17H15FN2O2S/c18-11-5-2-1-4-10(11)17(8-9-17)15(22)20-16-19-14-12(21)6-3-7-13(14)23-16/h1-2,4-5H,3,6-9H2,(H,19,20,22). The molecule has 1 aromatic heterocycles. The molecule has 1 heterocycles. The molecule has 0 aliphatic heterocycles. The Kier molecular flexibility index (Phi) is 3.30. The average molecular weight is 330 g/mol. The van der Waals surface area contributed by atoms with Gasteiger partial charge in [-0.05, 0) is 31.7 Å². The van der Waals surface area contributed by atoms with Gasteiger partial charge in [-0.25, -0.2) is 9.37 Å². The summed E-state index contributed by atoms with van der Waals surface area (Å²) in [6.45, 7) is 0.